The lowest BCUT2D eigenvalue weighted by Gasteiger charge is -2.29. The summed E-state index contributed by atoms with van der Waals surface area (Å²) in [7, 11) is -3.74. The predicted molar refractivity (Wildman–Crippen MR) is 127 cm³/mol. The van der Waals surface area contributed by atoms with Crippen molar-refractivity contribution in [1.29, 1.82) is 0 Å². The number of hydrogen-bond donors (Lipinski definition) is 2. The third-order valence-corrected chi connectivity index (χ3v) is 7.47. The van der Waals surface area contributed by atoms with Crippen LogP contribution in [0.2, 0.25) is 5.02 Å². The number of anilines is 1. The van der Waals surface area contributed by atoms with Crippen LogP contribution >= 0.6 is 11.6 Å². The first-order chi connectivity index (χ1) is 15.3. The van der Waals surface area contributed by atoms with Gasteiger partial charge in [0.1, 0.15) is 5.84 Å². The van der Waals surface area contributed by atoms with Crippen LogP contribution in [0.5, 0.6) is 0 Å². The summed E-state index contributed by atoms with van der Waals surface area (Å²) in [4.78, 5) is 19.2. The summed E-state index contributed by atoms with van der Waals surface area (Å²) in [5.74, 6) is 0.284. The minimum Gasteiger partial charge on any atom is -0.325 e. The Hall–Kier alpha value is -2.42. The van der Waals surface area contributed by atoms with Crippen molar-refractivity contribution in [3.05, 3.63) is 59.1 Å². The number of rotatable bonds is 8. The van der Waals surface area contributed by atoms with Crippen molar-refractivity contribution in [3.8, 4) is 0 Å². The monoisotopic (exact) mass is 474 g/mol. The summed E-state index contributed by atoms with van der Waals surface area (Å²) in [6.45, 7) is 2.89. The molecular formula is C23H27ClN4O3S. The molecular weight excluding hydrogens is 448 g/mol. The van der Waals surface area contributed by atoms with E-state index in [0.717, 1.165) is 24.8 Å². The van der Waals surface area contributed by atoms with E-state index < -0.39 is 10.0 Å². The number of sulfonamides is 1. The molecule has 0 bridgehead atoms. The fourth-order valence-electron chi connectivity index (χ4n) is 3.93. The van der Waals surface area contributed by atoms with Gasteiger partial charge in [0.2, 0.25) is 5.91 Å². The summed E-state index contributed by atoms with van der Waals surface area (Å²) >= 11 is 6.38. The smallest absolute Gasteiger partial charge is 0.262 e. The third-order valence-electron chi connectivity index (χ3n) is 5.75. The molecule has 1 unspecified atom stereocenters. The van der Waals surface area contributed by atoms with Crippen LogP contribution in [0.1, 0.15) is 44.2 Å². The number of nitrogens with one attached hydrogen (secondary N) is 2. The van der Waals surface area contributed by atoms with E-state index in [1.807, 2.05) is 24.3 Å². The van der Waals surface area contributed by atoms with Crippen LogP contribution in [0.3, 0.4) is 0 Å². The Kier molecular flexibility index (Phi) is 6.83. The average Bonchev–Trinajstić information content (AvgIpc) is 3.48. The Morgan fingerprint density at radius 3 is 2.69 bits per heavy atom. The molecule has 0 aromatic heterocycles. The largest absolute Gasteiger partial charge is 0.325 e. The second-order valence-electron chi connectivity index (χ2n) is 8.21. The molecule has 4 rings (SSSR count). The number of benzene rings is 2. The van der Waals surface area contributed by atoms with Crippen molar-refractivity contribution < 1.29 is 13.2 Å². The molecule has 0 radical (unpaired) electrons. The molecule has 1 aliphatic heterocycles. The van der Waals surface area contributed by atoms with Crippen molar-refractivity contribution in [2.45, 2.75) is 49.6 Å². The van der Waals surface area contributed by atoms with Crippen LogP contribution in [0, 0.1) is 0 Å². The van der Waals surface area contributed by atoms with E-state index in [1.165, 1.54) is 12.1 Å². The first-order valence-electron chi connectivity index (χ1n) is 10.8. The number of carbonyl (C=O) groups excluding carboxylic acids is 1. The summed E-state index contributed by atoms with van der Waals surface area (Å²) in [5.41, 5.74) is 1.43. The Labute approximate surface area is 193 Å². The topological polar surface area (TPSA) is 90.9 Å². The van der Waals surface area contributed by atoms with Crippen LogP contribution in [0.25, 0.3) is 0 Å². The summed E-state index contributed by atoms with van der Waals surface area (Å²) in [6.07, 6.45) is 3.56. The normalized spacial score (nSPS) is 17.2. The average molecular weight is 475 g/mol. The molecule has 170 valence electrons. The fraction of sp³-hybridized carbons (Fsp3) is 0.391. The van der Waals surface area contributed by atoms with Gasteiger partial charge in [0.25, 0.3) is 10.0 Å². The van der Waals surface area contributed by atoms with E-state index in [1.54, 1.807) is 12.1 Å². The highest BCUT2D eigenvalue weighted by Gasteiger charge is 2.34. The molecule has 2 aromatic rings. The molecule has 2 N–H and O–H groups in total. The number of amides is 1. The lowest BCUT2D eigenvalue weighted by atomic mass is 10.1. The molecule has 1 fully saturated rings. The van der Waals surface area contributed by atoms with Crippen molar-refractivity contribution in [2.75, 3.05) is 18.4 Å². The molecule has 1 atom stereocenters. The molecule has 2 aliphatic rings. The minimum atomic E-state index is -3.74. The van der Waals surface area contributed by atoms with Crippen LogP contribution in [-0.2, 0) is 14.8 Å². The third kappa shape index (κ3) is 5.49. The lowest BCUT2D eigenvalue weighted by Crippen LogP contribution is -2.37. The van der Waals surface area contributed by atoms with Gasteiger partial charge in [-0.25, -0.2) is 8.42 Å². The number of carbonyl (C=O) groups is 1. The predicted octanol–water partition coefficient (Wildman–Crippen LogP) is 3.97. The van der Waals surface area contributed by atoms with Crippen molar-refractivity contribution in [2.24, 2.45) is 4.99 Å². The van der Waals surface area contributed by atoms with E-state index in [2.05, 4.69) is 26.9 Å². The van der Waals surface area contributed by atoms with Crippen molar-refractivity contribution in [1.82, 2.24) is 9.62 Å². The Balaban J connectivity index is 1.44. The van der Waals surface area contributed by atoms with Crippen LogP contribution < -0.4 is 10.0 Å². The molecule has 0 saturated heterocycles. The van der Waals surface area contributed by atoms with Gasteiger partial charge < -0.3 is 5.32 Å². The van der Waals surface area contributed by atoms with Gasteiger partial charge in [0.15, 0.2) is 0 Å². The molecule has 1 aliphatic carbocycles. The molecule has 1 amide bonds. The molecule has 9 heteroatoms. The number of nitrogens with zero attached hydrogens (tertiary/aromatic N) is 2. The Bertz CT molecular complexity index is 1130. The zero-order valence-corrected chi connectivity index (χ0v) is 19.5. The molecule has 1 heterocycles. The van der Waals surface area contributed by atoms with Gasteiger partial charge in [-0.2, -0.15) is 0 Å². The van der Waals surface area contributed by atoms with Gasteiger partial charge in [-0.15, -0.1) is 0 Å². The molecule has 32 heavy (non-hydrogen) atoms. The quantitative estimate of drug-likeness (QED) is 0.605. The highest BCUT2D eigenvalue weighted by molar-refractivity contribution is 7.90. The maximum Gasteiger partial charge on any atom is 0.262 e. The second kappa shape index (κ2) is 9.60. The van der Waals surface area contributed by atoms with E-state index in [0.29, 0.717) is 35.6 Å². The zero-order chi connectivity index (χ0) is 22.7. The van der Waals surface area contributed by atoms with E-state index in [9.17, 15) is 13.2 Å². The number of hydrogen-bond acceptors (Lipinski definition) is 5. The first kappa shape index (κ1) is 22.8. The van der Waals surface area contributed by atoms with Crippen LogP contribution in [0.4, 0.5) is 5.69 Å². The number of halogens is 1. The van der Waals surface area contributed by atoms with Gasteiger partial charge >= 0.3 is 0 Å². The van der Waals surface area contributed by atoms with Gasteiger partial charge in [-0.05, 0) is 56.0 Å². The standard InChI is InChI=1S/C23H27ClN4O3S/c1-16(20-8-2-3-9-21(20)24)28(18-11-12-18)15-23(29)26-17-6-4-7-19(14-17)32(30,31)27-22-10-5-13-25-22/h2-4,6-9,14,16,18H,5,10-13,15H2,1H3,(H,25,27)(H,26,29). The van der Waals surface area contributed by atoms with Gasteiger partial charge in [-0.1, -0.05) is 35.9 Å². The maximum atomic E-state index is 12.8. The number of amidine groups is 1. The lowest BCUT2D eigenvalue weighted by molar-refractivity contribution is -0.118. The number of aliphatic imine (C=N–C) groups is 1. The second-order valence-corrected chi connectivity index (χ2v) is 10.3. The Morgan fingerprint density at radius 1 is 1.22 bits per heavy atom. The first-order valence-corrected chi connectivity index (χ1v) is 12.7. The maximum absolute atomic E-state index is 12.8. The van der Waals surface area contributed by atoms with Crippen molar-refractivity contribution in [3.63, 3.8) is 0 Å². The van der Waals surface area contributed by atoms with E-state index in [-0.39, 0.29) is 23.4 Å². The van der Waals surface area contributed by atoms with Crippen molar-refractivity contribution >= 4 is 39.1 Å². The van der Waals surface area contributed by atoms with Gasteiger partial charge in [0, 0.05) is 35.8 Å². The van der Waals surface area contributed by atoms with Gasteiger partial charge in [-0.3, -0.25) is 19.4 Å². The highest BCUT2D eigenvalue weighted by atomic mass is 35.5. The molecule has 1 saturated carbocycles. The summed E-state index contributed by atoms with van der Waals surface area (Å²) < 4.78 is 27.8. The van der Waals surface area contributed by atoms with Crippen LogP contribution in [-0.4, -0.2) is 44.2 Å². The van der Waals surface area contributed by atoms with Gasteiger partial charge in [0.05, 0.1) is 11.4 Å². The fourth-order valence-corrected chi connectivity index (χ4v) is 5.35. The van der Waals surface area contributed by atoms with Crippen LogP contribution in [0.15, 0.2) is 58.4 Å². The Morgan fingerprint density at radius 2 is 2.00 bits per heavy atom. The molecule has 2 aromatic carbocycles. The zero-order valence-electron chi connectivity index (χ0n) is 17.9. The van der Waals surface area contributed by atoms with E-state index in [4.69, 9.17) is 11.6 Å². The minimum absolute atomic E-state index is 0.00921. The summed E-state index contributed by atoms with van der Waals surface area (Å²) in [5, 5.41) is 3.53. The highest BCUT2D eigenvalue weighted by Crippen LogP contribution is 2.36. The molecule has 0 spiro atoms. The SMILES string of the molecule is CC(c1ccccc1Cl)N(CC(=O)Nc1cccc(S(=O)(=O)NC2=NCCC2)c1)C1CC1. The summed E-state index contributed by atoms with van der Waals surface area (Å²) in [6, 6.07) is 14.3. The van der Waals surface area contributed by atoms with E-state index >= 15 is 0 Å². The molecule has 7 nitrogen and oxygen atoms in total.